The van der Waals surface area contributed by atoms with Crippen LogP contribution < -0.4 is 15.8 Å². The summed E-state index contributed by atoms with van der Waals surface area (Å²) in [5.41, 5.74) is 6.21. The van der Waals surface area contributed by atoms with Crippen molar-refractivity contribution in [1.82, 2.24) is 0 Å². The molecule has 0 bridgehead atoms. The van der Waals surface area contributed by atoms with Crippen LogP contribution in [0, 0.1) is 0 Å². The molecule has 1 aromatic carbocycles. The van der Waals surface area contributed by atoms with Crippen molar-refractivity contribution in [2.45, 2.75) is 6.42 Å². The molecular weight excluding hydrogens is 256 g/mol. The Morgan fingerprint density at radius 1 is 1.44 bits per heavy atom. The van der Waals surface area contributed by atoms with E-state index in [1.807, 2.05) is 0 Å². The predicted octanol–water partition coefficient (Wildman–Crippen LogP) is 1.90. The molecule has 6 heteroatoms. The van der Waals surface area contributed by atoms with Gasteiger partial charge in [-0.15, -0.1) is 0 Å². The Bertz CT molecular complexity index is 424. The fourth-order valence-corrected chi connectivity index (χ4v) is 1.72. The van der Waals surface area contributed by atoms with E-state index in [9.17, 15) is 4.79 Å². The number of hydrogen-bond donors (Lipinski definition) is 2. The molecule has 1 aromatic rings. The van der Waals surface area contributed by atoms with Crippen molar-refractivity contribution in [2.75, 3.05) is 32.7 Å². The first-order valence-electron chi connectivity index (χ1n) is 5.50. The van der Waals surface area contributed by atoms with Crippen LogP contribution in [0.2, 0.25) is 5.02 Å². The monoisotopic (exact) mass is 272 g/mol. The molecule has 0 radical (unpaired) electrons. The minimum atomic E-state index is -0.570. The summed E-state index contributed by atoms with van der Waals surface area (Å²) in [7, 11) is 3.13. The van der Waals surface area contributed by atoms with Gasteiger partial charge < -0.3 is 20.5 Å². The summed E-state index contributed by atoms with van der Waals surface area (Å²) < 4.78 is 10.1. The zero-order valence-electron chi connectivity index (χ0n) is 10.5. The molecule has 3 N–H and O–H groups in total. The Labute approximate surface area is 111 Å². The number of methoxy groups -OCH3 is 2. The predicted molar refractivity (Wildman–Crippen MR) is 71.5 cm³/mol. The highest BCUT2D eigenvalue weighted by Gasteiger charge is 2.13. The lowest BCUT2D eigenvalue weighted by molar-refractivity contribution is 0.0997. The van der Waals surface area contributed by atoms with Gasteiger partial charge >= 0.3 is 0 Å². The summed E-state index contributed by atoms with van der Waals surface area (Å²) >= 11 is 6.06. The van der Waals surface area contributed by atoms with Crippen molar-refractivity contribution in [3.05, 3.63) is 22.7 Å². The van der Waals surface area contributed by atoms with Crippen LogP contribution in [-0.2, 0) is 4.74 Å². The lowest BCUT2D eigenvalue weighted by Crippen LogP contribution is -2.13. The van der Waals surface area contributed by atoms with Gasteiger partial charge in [-0.25, -0.2) is 0 Å². The van der Waals surface area contributed by atoms with Gasteiger partial charge in [0.05, 0.1) is 23.4 Å². The van der Waals surface area contributed by atoms with Crippen LogP contribution in [0.5, 0.6) is 5.75 Å². The maximum Gasteiger partial charge on any atom is 0.252 e. The Kier molecular flexibility index (Phi) is 5.74. The fourth-order valence-electron chi connectivity index (χ4n) is 1.49. The van der Waals surface area contributed by atoms with Crippen LogP contribution in [0.4, 0.5) is 5.69 Å². The topological polar surface area (TPSA) is 73.6 Å². The molecule has 1 rings (SSSR count). The minimum Gasteiger partial charge on any atom is -0.496 e. The number of nitrogens with two attached hydrogens (primary N) is 1. The fraction of sp³-hybridized carbons (Fsp3) is 0.417. The first-order chi connectivity index (χ1) is 8.60. The molecular formula is C12H17ClN2O3. The number of nitrogens with one attached hydrogen (secondary N) is 1. The van der Waals surface area contributed by atoms with Crippen molar-refractivity contribution in [3.63, 3.8) is 0 Å². The molecule has 5 nitrogen and oxygen atoms in total. The van der Waals surface area contributed by atoms with Gasteiger partial charge in [0.1, 0.15) is 5.75 Å². The maximum absolute atomic E-state index is 11.2. The molecule has 0 saturated carbocycles. The highest BCUT2D eigenvalue weighted by molar-refractivity contribution is 6.33. The van der Waals surface area contributed by atoms with Gasteiger partial charge in [0.2, 0.25) is 0 Å². The quantitative estimate of drug-likeness (QED) is 0.744. The third-order valence-electron chi connectivity index (χ3n) is 2.40. The molecule has 1 amide bonds. The minimum absolute atomic E-state index is 0.268. The van der Waals surface area contributed by atoms with E-state index in [2.05, 4.69) is 5.32 Å². The Hall–Kier alpha value is -1.46. The highest BCUT2D eigenvalue weighted by atomic mass is 35.5. The van der Waals surface area contributed by atoms with Gasteiger partial charge in [0, 0.05) is 26.3 Å². The third-order valence-corrected chi connectivity index (χ3v) is 2.71. The van der Waals surface area contributed by atoms with Gasteiger partial charge in [-0.1, -0.05) is 11.6 Å². The Balaban J connectivity index is 2.83. The molecule has 0 fully saturated rings. The van der Waals surface area contributed by atoms with E-state index in [1.54, 1.807) is 13.2 Å². The summed E-state index contributed by atoms with van der Waals surface area (Å²) in [6, 6.07) is 3.16. The number of rotatable bonds is 7. The zero-order chi connectivity index (χ0) is 13.5. The molecule has 0 spiro atoms. The molecule has 0 aliphatic heterocycles. The van der Waals surface area contributed by atoms with Crippen LogP contribution >= 0.6 is 11.6 Å². The van der Waals surface area contributed by atoms with Gasteiger partial charge in [-0.2, -0.15) is 0 Å². The molecule has 18 heavy (non-hydrogen) atoms. The zero-order valence-corrected chi connectivity index (χ0v) is 11.2. The van der Waals surface area contributed by atoms with E-state index in [0.29, 0.717) is 29.6 Å². The van der Waals surface area contributed by atoms with Crippen molar-refractivity contribution in [3.8, 4) is 5.75 Å². The number of ether oxygens (including phenoxy) is 2. The number of primary amides is 1. The molecule has 0 aliphatic rings. The second-order valence-electron chi connectivity index (χ2n) is 3.67. The molecule has 0 unspecified atom stereocenters. The van der Waals surface area contributed by atoms with Crippen LogP contribution in [-0.4, -0.2) is 33.3 Å². The van der Waals surface area contributed by atoms with E-state index >= 15 is 0 Å². The Morgan fingerprint density at radius 3 is 2.72 bits per heavy atom. The van der Waals surface area contributed by atoms with Gasteiger partial charge in [-0.3, -0.25) is 4.79 Å². The van der Waals surface area contributed by atoms with Crippen LogP contribution in [0.25, 0.3) is 0 Å². The summed E-state index contributed by atoms with van der Waals surface area (Å²) in [4.78, 5) is 11.2. The number of benzene rings is 1. The van der Waals surface area contributed by atoms with Crippen LogP contribution in [0.3, 0.4) is 0 Å². The molecule has 0 atom stereocenters. The van der Waals surface area contributed by atoms with Crippen LogP contribution in [0.15, 0.2) is 12.1 Å². The SMILES string of the molecule is COCCCNc1cc(OC)c(C(N)=O)cc1Cl. The number of halogens is 1. The summed E-state index contributed by atoms with van der Waals surface area (Å²) in [6.45, 7) is 1.38. The van der Waals surface area contributed by atoms with Gasteiger partial charge in [-0.05, 0) is 12.5 Å². The van der Waals surface area contributed by atoms with Gasteiger partial charge in [0.15, 0.2) is 0 Å². The van der Waals surface area contributed by atoms with E-state index < -0.39 is 5.91 Å². The molecule has 0 aliphatic carbocycles. The highest BCUT2D eigenvalue weighted by Crippen LogP contribution is 2.30. The number of hydrogen-bond acceptors (Lipinski definition) is 4. The smallest absolute Gasteiger partial charge is 0.252 e. The van der Waals surface area contributed by atoms with E-state index in [4.69, 9.17) is 26.8 Å². The lowest BCUT2D eigenvalue weighted by Gasteiger charge is -2.12. The lowest BCUT2D eigenvalue weighted by atomic mass is 10.1. The first-order valence-corrected chi connectivity index (χ1v) is 5.88. The number of anilines is 1. The molecule has 0 saturated heterocycles. The van der Waals surface area contributed by atoms with Crippen molar-refractivity contribution >= 4 is 23.2 Å². The third kappa shape index (κ3) is 3.78. The molecule has 0 aromatic heterocycles. The Morgan fingerprint density at radius 2 is 2.17 bits per heavy atom. The second-order valence-corrected chi connectivity index (χ2v) is 4.08. The average molecular weight is 273 g/mol. The first kappa shape index (κ1) is 14.6. The van der Waals surface area contributed by atoms with E-state index in [0.717, 1.165) is 6.42 Å². The molecule has 0 heterocycles. The summed E-state index contributed by atoms with van der Waals surface area (Å²) in [5, 5.41) is 3.58. The largest absolute Gasteiger partial charge is 0.496 e. The van der Waals surface area contributed by atoms with E-state index in [1.165, 1.54) is 13.2 Å². The number of carbonyl (C=O) groups is 1. The second kappa shape index (κ2) is 7.08. The maximum atomic E-state index is 11.2. The van der Waals surface area contributed by atoms with Crippen molar-refractivity contribution in [1.29, 1.82) is 0 Å². The summed E-state index contributed by atoms with van der Waals surface area (Å²) in [5.74, 6) is -0.166. The number of carbonyl (C=O) groups excluding carboxylic acids is 1. The average Bonchev–Trinajstić information content (AvgIpc) is 2.35. The summed E-state index contributed by atoms with van der Waals surface area (Å²) in [6.07, 6.45) is 0.854. The van der Waals surface area contributed by atoms with Crippen LogP contribution in [0.1, 0.15) is 16.8 Å². The van der Waals surface area contributed by atoms with E-state index in [-0.39, 0.29) is 5.56 Å². The normalized spacial score (nSPS) is 10.2. The van der Waals surface area contributed by atoms with Crippen molar-refractivity contribution < 1.29 is 14.3 Å². The molecule has 100 valence electrons. The number of amides is 1. The standard InChI is InChI=1S/C12H17ClN2O3/c1-17-5-3-4-15-10-7-11(18-2)8(12(14)16)6-9(10)13/h6-7,15H,3-5H2,1-2H3,(H2,14,16). The van der Waals surface area contributed by atoms with Crippen molar-refractivity contribution in [2.24, 2.45) is 5.73 Å². The van der Waals surface area contributed by atoms with Gasteiger partial charge in [0.25, 0.3) is 5.91 Å².